The summed E-state index contributed by atoms with van der Waals surface area (Å²) in [4.78, 5) is 27.5. The fourth-order valence-corrected chi connectivity index (χ4v) is 3.89. The van der Waals surface area contributed by atoms with Crippen LogP contribution in [-0.4, -0.2) is 41.6 Å². The summed E-state index contributed by atoms with van der Waals surface area (Å²) in [5.41, 5.74) is -0.228. The molecule has 1 aromatic rings. The van der Waals surface area contributed by atoms with Gasteiger partial charge < -0.3 is 10.1 Å². The summed E-state index contributed by atoms with van der Waals surface area (Å²) in [7, 11) is 0. The predicted octanol–water partition coefficient (Wildman–Crippen LogP) is 2.84. The number of carbonyl (C=O) groups is 2. The van der Waals surface area contributed by atoms with Crippen LogP contribution in [0.4, 0.5) is 0 Å². The van der Waals surface area contributed by atoms with E-state index >= 15 is 0 Å². The Morgan fingerprint density at radius 2 is 2.00 bits per heavy atom. The minimum Gasteiger partial charge on any atom is -0.353 e. The van der Waals surface area contributed by atoms with E-state index in [1.165, 1.54) is 0 Å². The first-order valence-electron chi connectivity index (χ1n) is 8.91. The van der Waals surface area contributed by atoms with Gasteiger partial charge in [0, 0.05) is 10.6 Å². The summed E-state index contributed by atoms with van der Waals surface area (Å²) in [6.07, 6.45) is 8.62. The van der Waals surface area contributed by atoms with Crippen molar-refractivity contribution in [2.24, 2.45) is 5.92 Å². The van der Waals surface area contributed by atoms with Crippen molar-refractivity contribution in [2.45, 2.75) is 44.4 Å². The highest BCUT2D eigenvalue weighted by Crippen LogP contribution is 2.43. The van der Waals surface area contributed by atoms with Crippen molar-refractivity contribution in [3.05, 3.63) is 34.9 Å². The summed E-state index contributed by atoms with van der Waals surface area (Å²) in [5.74, 6) is 2.49. The van der Waals surface area contributed by atoms with E-state index in [0.29, 0.717) is 16.5 Å². The number of amides is 2. The first kappa shape index (κ1) is 18.8. The largest absolute Gasteiger partial charge is 0.353 e. The standard InChI is InChI=1S/C20H23ClN2O3/c1-3-12-22-18(24)17-13-26-20(10-8-14(2)9-11-20)23(17)19(25)15-4-6-16(21)7-5-15/h1,4-7,14,17H,8-13H2,2H3,(H,22,24). The van der Waals surface area contributed by atoms with Gasteiger partial charge in [0.25, 0.3) is 5.91 Å². The molecule has 0 bridgehead atoms. The summed E-state index contributed by atoms with van der Waals surface area (Å²) in [6.45, 7) is 2.51. The molecule has 1 aromatic carbocycles. The maximum absolute atomic E-state index is 13.3. The average molecular weight is 375 g/mol. The fraction of sp³-hybridized carbons (Fsp3) is 0.500. The van der Waals surface area contributed by atoms with Crippen LogP contribution in [-0.2, 0) is 9.53 Å². The molecule has 5 nitrogen and oxygen atoms in total. The number of nitrogens with zero attached hydrogens (tertiary/aromatic N) is 1. The van der Waals surface area contributed by atoms with Crippen LogP contribution in [0.3, 0.4) is 0 Å². The monoisotopic (exact) mass is 374 g/mol. The molecule has 1 aliphatic carbocycles. The number of halogens is 1. The molecule has 138 valence electrons. The Morgan fingerprint density at radius 3 is 2.62 bits per heavy atom. The van der Waals surface area contributed by atoms with Crippen molar-refractivity contribution < 1.29 is 14.3 Å². The fourth-order valence-electron chi connectivity index (χ4n) is 3.77. The lowest BCUT2D eigenvalue weighted by Gasteiger charge is -2.43. The Labute approximate surface area is 159 Å². The quantitative estimate of drug-likeness (QED) is 0.828. The summed E-state index contributed by atoms with van der Waals surface area (Å²) in [6, 6.07) is 6.03. The van der Waals surface area contributed by atoms with Gasteiger partial charge in [-0.15, -0.1) is 6.42 Å². The van der Waals surface area contributed by atoms with Crippen LogP contribution in [0.5, 0.6) is 0 Å². The highest BCUT2D eigenvalue weighted by molar-refractivity contribution is 6.30. The molecule has 1 N–H and O–H groups in total. The average Bonchev–Trinajstić information content (AvgIpc) is 3.01. The van der Waals surface area contributed by atoms with E-state index < -0.39 is 11.8 Å². The van der Waals surface area contributed by atoms with Crippen LogP contribution in [0.25, 0.3) is 0 Å². The molecule has 1 unspecified atom stereocenters. The third kappa shape index (κ3) is 3.58. The Bertz CT molecular complexity index is 718. The van der Waals surface area contributed by atoms with E-state index in [-0.39, 0.29) is 25.0 Å². The lowest BCUT2D eigenvalue weighted by atomic mass is 9.83. The highest BCUT2D eigenvalue weighted by Gasteiger charge is 2.53. The Balaban J connectivity index is 1.91. The molecule has 1 aliphatic heterocycles. The molecule has 26 heavy (non-hydrogen) atoms. The van der Waals surface area contributed by atoms with Gasteiger partial charge in [-0.1, -0.05) is 24.4 Å². The zero-order valence-corrected chi connectivity index (χ0v) is 15.6. The smallest absolute Gasteiger partial charge is 0.256 e. The van der Waals surface area contributed by atoms with Crippen molar-refractivity contribution >= 4 is 23.4 Å². The number of hydrogen-bond acceptors (Lipinski definition) is 3. The minimum absolute atomic E-state index is 0.127. The van der Waals surface area contributed by atoms with Crippen LogP contribution in [0.2, 0.25) is 5.02 Å². The number of nitrogens with one attached hydrogen (secondary N) is 1. The van der Waals surface area contributed by atoms with Crippen LogP contribution in [0.15, 0.2) is 24.3 Å². The third-order valence-corrected chi connectivity index (χ3v) is 5.55. The van der Waals surface area contributed by atoms with E-state index in [4.69, 9.17) is 22.8 Å². The predicted molar refractivity (Wildman–Crippen MR) is 99.6 cm³/mol. The zero-order chi connectivity index (χ0) is 18.7. The van der Waals surface area contributed by atoms with Crippen molar-refractivity contribution in [1.29, 1.82) is 0 Å². The number of benzene rings is 1. The van der Waals surface area contributed by atoms with Gasteiger partial charge in [0.05, 0.1) is 13.2 Å². The van der Waals surface area contributed by atoms with Gasteiger partial charge in [0.15, 0.2) is 0 Å². The Hall–Kier alpha value is -2.03. The maximum Gasteiger partial charge on any atom is 0.256 e. The Kier molecular flexibility index (Phi) is 5.55. The normalized spacial score (nSPS) is 28.0. The van der Waals surface area contributed by atoms with Gasteiger partial charge in [0.2, 0.25) is 5.91 Å². The molecule has 0 radical (unpaired) electrons. The zero-order valence-electron chi connectivity index (χ0n) is 14.8. The molecule has 1 atom stereocenters. The van der Waals surface area contributed by atoms with Crippen molar-refractivity contribution in [2.75, 3.05) is 13.2 Å². The topological polar surface area (TPSA) is 58.6 Å². The molecular formula is C20H23ClN2O3. The molecule has 1 spiro atoms. The van der Waals surface area contributed by atoms with E-state index in [1.54, 1.807) is 29.2 Å². The number of rotatable bonds is 3. The number of terminal acetylenes is 1. The highest BCUT2D eigenvalue weighted by atomic mass is 35.5. The molecule has 0 aromatic heterocycles. The van der Waals surface area contributed by atoms with Crippen LogP contribution in [0.1, 0.15) is 43.0 Å². The van der Waals surface area contributed by atoms with Crippen molar-refractivity contribution in [3.63, 3.8) is 0 Å². The molecule has 2 amide bonds. The number of hydrogen-bond donors (Lipinski definition) is 1. The second kappa shape index (κ2) is 7.69. The van der Waals surface area contributed by atoms with E-state index in [1.807, 2.05) is 0 Å². The number of carbonyl (C=O) groups excluding carboxylic acids is 2. The molecule has 1 saturated heterocycles. The SMILES string of the molecule is C#CCNC(=O)C1COC2(CCC(C)CC2)N1C(=O)c1ccc(Cl)cc1. The van der Waals surface area contributed by atoms with Crippen molar-refractivity contribution in [1.82, 2.24) is 10.2 Å². The molecule has 2 aliphatic rings. The van der Waals surface area contributed by atoms with Gasteiger partial charge in [-0.25, -0.2) is 0 Å². The lowest BCUT2D eigenvalue weighted by Crippen LogP contribution is -2.56. The summed E-state index contributed by atoms with van der Waals surface area (Å²) >= 11 is 5.94. The molecule has 1 saturated carbocycles. The molecule has 6 heteroatoms. The van der Waals surface area contributed by atoms with Crippen LogP contribution in [0, 0.1) is 18.3 Å². The van der Waals surface area contributed by atoms with Gasteiger partial charge in [-0.3, -0.25) is 14.5 Å². The van der Waals surface area contributed by atoms with Crippen LogP contribution < -0.4 is 5.32 Å². The molecule has 1 heterocycles. The van der Waals surface area contributed by atoms with Gasteiger partial charge in [-0.2, -0.15) is 0 Å². The first-order chi connectivity index (χ1) is 12.5. The van der Waals surface area contributed by atoms with Gasteiger partial charge in [0.1, 0.15) is 11.8 Å². The van der Waals surface area contributed by atoms with E-state index in [9.17, 15) is 9.59 Å². The Morgan fingerprint density at radius 1 is 1.35 bits per heavy atom. The lowest BCUT2D eigenvalue weighted by molar-refractivity contribution is -0.127. The molecular weight excluding hydrogens is 352 g/mol. The summed E-state index contributed by atoms with van der Waals surface area (Å²) in [5, 5.41) is 3.24. The molecule has 3 rings (SSSR count). The third-order valence-electron chi connectivity index (χ3n) is 5.29. The maximum atomic E-state index is 13.3. The first-order valence-corrected chi connectivity index (χ1v) is 9.29. The van der Waals surface area contributed by atoms with E-state index in [0.717, 1.165) is 25.7 Å². The number of ether oxygens (including phenoxy) is 1. The second-order valence-electron chi connectivity index (χ2n) is 7.06. The minimum atomic E-state index is -0.721. The molecule has 2 fully saturated rings. The van der Waals surface area contributed by atoms with Gasteiger partial charge in [-0.05, 0) is 55.9 Å². The van der Waals surface area contributed by atoms with Crippen molar-refractivity contribution in [3.8, 4) is 12.3 Å². The van der Waals surface area contributed by atoms with Gasteiger partial charge >= 0.3 is 0 Å². The summed E-state index contributed by atoms with van der Waals surface area (Å²) < 4.78 is 6.09. The van der Waals surface area contributed by atoms with Crippen LogP contribution >= 0.6 is 11.6 Å². The van der Waals surface area contributed by atoms with E-state index in [2.05, 4.69) is 18.2 Å². The second-order valence-corrected chi connectivity index (χ2v) is 7.50.